The molecule has 1 aromatic heterocycles. The van der Waals surface area contributed by atoms with Crippen LogP contribution in [0, 0.1) is 0 Å². The van der Waals surface area contributed by atoms with Crippen molar-refractivity contribution in [3.8, 4) is 0 Å². The lowest BCUT2D eigenvalue weighted by Gasteiger charge is -2.25. The van der Waals surface area contributed by atoms with Gasteiger partial charge >= 0.3 is 0 Å². The lowest BCUT2D eigenvalue weighted by Crippen LogP contribution is -2.27. The average Bonchev–Trinajstić information content (AvgIpc) is 2.47. The van der Waals surface area contributed by atoms with Crippen molar-refractivity contribution in [1.29, 1.82) is 0 Å². The molecule has 1 N–H and O–H groups in total. The lowest BCUT2D eigenvalue weighted by molar-refractivity contribution is -0.115. The SMILES string of the molecule is CCC(SC1CCCCC1)C(=O)Nc1ccccn1. The zero-order chi connectivity index (χ0) is 13.5. The molecule has 0 radical (unpaired) electrons. The van der Waals surface area contributed by atoms with Gasteiger partial charge in [-0.25, -0.2) is 4.98 Å². The largest absolute Gasteiger partial charge is 0.310 e. The first-order valence-electron chi connectivity index (χ1n) is 7.17. The van der Waals surface area contributed by atoms with Crippen molar-refractivity contribution in [1.82, 2.24) is 4.98 Å². The molecule has 104 valence electrons. The highest BCUT2D eigenvalue weighted by Crippen LogP contribution is 2.32. The van der Waals surface area contributed by atoms with Gasteiger partial charge in [0.25, 0.3) is 0 Å². The molecule has 19 heavy (non-hydrogen) atoms. The van der Waals surface area contributed by atoms with Gasteiger partial charge in [0, 0.05) is 11.4 Å². The molecular weight excluding hydrogens is 256 g/mol. The minimum absolute atomic E-state index is 0.0464. The van der Waals surface area contributed by atoms with Crippen molar-refractivity contribution in [2.45, 2.75) is 55.9 Å². The molecule has 0 saturated heterocycles. The van der Waals surface area contributed by atoms with Crippen molar-refractivity contribution in [2.24, 2.45) is 0 Å². The first-order chi connectivity index (χ1) is 9.29. The van der Waals surface area contributed by atoms with E-state index < -0.39 is 0 Å². The number of amides is 1. The molecule has 4 heteroatoms. The summed E-state index contributed by atoms with van der Waals surface area (Å²) in [5, 5.41) is 3.62. The predicted molar refractivity (Wildman–Crippen MR) is 81.4 cm³/mol. The van der Waals surface area contributed by atoms with Crippen LogP contribution in [0.25, 0.3) is 0 Å². The number of pyridine rings is 1. The summed E-state index contributed by atoms with van der Waals surface area (Å²) in [6.07, 6.45) is 9.08. The highest BCUT2D eigenvalue weighted by atomic mass is 32.2. The zero-order valence-corrected chi connectivity index (χ0v) is 12.3. The molecule has 1 atom stereocenters. The van der Waals surface area contributed by atoms with Crippen LogP contribution < -0.4 is 5.32 Å². The Balaban J connectivity index is 1.87. The molecule has 3 nitrogen and oxygen atoms in total. The van der Waals surface area contributed by atoms with Crippen LogP contribution in [-0.4, -0.2) is 21.4 Å². The third kappa shape index (κ3) is 4.53. The molecule has 1 aromatic rings. The number of rotatable bonds is 5. The molecule has 2 rings (SSSR count). The highest BCUT2D eigenvalue weighted by molar-refractivity contribution is 8.01. The molecular formula is C15H22N2OS. The van der Waals surface area contributed by atoms with E-state index in [1.165, 1.54) is 32.1 Å². The van der Waals surface area contributed by atoms with E-state index in [9.17, 15) is 4.79 Å². The second-order valence-electron chi connectivity index (χ2n) is 5.00. The van der Waals surface area contributed by atoms with Crippen LogP contribution in [0.5, 0.6) is 0 Å². The van der Waals surface area contributed by atoms with Crippen LogP contribution in [0.15, 0.2) is 24.4 Å². The van der Waals surface area contributed by atoms with E-state index in [1.54, 1.807) is 6.20 Å². The van der Waals surface area contributed by atoms with Gasteiger partial charge in [0.2, 0.25) is 5.91 Å². The minimum Gasteiger partial charge on any atom is -0.310 e. The fourth-order valence-electron chi connectivity index (χ4n) is 2.42. The van der Waals surface area contributed by atoms with E-state index in [2.05, 4.69) is 17.2 Å². The van der Waals surface area contributed by atoms with E-state index in [1.807, 2.05) is 30.0 Å². The molecule has 0 spiro atoms. The number of hydrogen-bond donors (Lipinski definition) is 1. The number of nitrogens with one attached hydrogen (secondary N) is 1. The number of carbonyl (C=O) groups excluding carboxylic acids is 1. The van der Waals surface area contributed by atoms with Crippen molar-refractivity contribution in [3.63, 3.8) is 0 Å². The minimum atomic E-state index is 0.0464. The van der Waals surface area contributed by atoms with E-state index >= 15 is 0 Å². The quantitative estimate of drug-likeness (QED) is 0.889. The number of hydrogen-bond acceptors (Lipinski definition) is 3. The summed E-state index contributed by atoms with van der Waals surface area (Å²) in [6, 6.07) is 5.57. The van der Waals surface area contributed by atoms with Gasteiger partial charge in [-0.05, 0) is 31.4 Å². The number of thioether (sulfide) groups is 1. The summed E-state index contributed by atoms with van der Waals surface area (Å²) < 4.78 is 0. The Bertz CT molecular complexity index is 390. The summed E-state index contributed by atoms with van der Waals surface area (Å²) in [5.74, 6) is 0.743. The summed E-state index contributed by atoms with van der Waals surface area (Å²) in [6.45, 7) is 2.08. The second kappa shape index (κ2) is 7.53. The Morgan fingerprint density at radius 1 is 1.42 bits per heavy atom. The maximum absolute atomic E-state index is 12.2. The lowest BCUT2D eigenvalue weighted by atomic mass is 10.0. The summed E-state index contributed by atoms with van der Waals surface area (Å²) in [4.78, 5) is 16.4. The van der Waals surface area contributed by atoms with Gasteiger partial charge in [0.15, 0.2) is 0 Å². The molecule has 1 heterocycles. The molecule has 1 amide bonds. The third-order valence-corrected chi connectivity index (χ3v) is 5.22. The van der Waals surface area contributed by atoms with E-state index in [0.717, 1.165) is 6.42 Å². The molecule has 0 aliphatic heterocycles. The topological polar surface area (TPSA) is 42.0 Å². The predicted octanol–water partition coefficient (Wildman–Crippen LogP) is 3.86. The Morgan fingerprint density at radius 3 is 2.84 bits per heavy atom. The summed E-state index contributed by atoms with van der Waals surface area (Å²) in [7, 11) is 0. The maximum atomic E-state index is 12.2. The Labute approximate surface area is 119 Å². The van der Waals surface area contributed by atoms with Crippen LogP contribution in [0.3, 0.4) is 0 Å². The normalized spacial score (nSPS) is 17.9. The van der Waals surface area contributed by atoms with Crippen LogP contribution >= 0.6 is 11.8 Å². The smallest absolute Gasteiger partial charge is 0.238 e. The molecule has 1 unspecified atom stereocenters. The fraction of sp³-hybridized carbons (Fsp3) is 0.600. The second-order valence-corrected chi connectivity index (χ2v) is 6.51. The number of carbonyl (C=O) groups is 1. The van der Waals surface area contributed by atoms with E-state index in [4.69, 9.17) is 0 Å². The molecule has 0 aromatic carbocycles. The number of nitrogens with zero attached hydrogens (tertiary/aromatic N) is 1. The summed E-state index contributed by atoms with van der Waals surface area (Å²) >= 11 is 1.85. The molecule has 1 aliphatic rings. The monoisotopic (exact) mass is 278 g/mol. The first kappa shape index (κ1) is 14.4. The van der Waals surface area contributed by atoms with E-state index in [-0.39, 0.29) is 11.2 Å². The first-order valence-corrected chi connectivity index (χ1v) is 8.11. The van der Waals surface area contributed by atoms with E-state index in [0.29, 0.717) is 11.1 Å². The van der Waals surface area contributed by atoms with Gasteiger partial charge in [0.1, 0.15) is 5.82 Å². The molecule has 1 saturated carbocycles. The van der Waals surface area contributed by atoms with Crippen LogP contribution in [0.4, 0.5) is 5.82 Å². The van der Waals surface area contributed by atoms with Crippen LogP contribution in [0.1, 0.15) is 45.4 Å². The fourth-order valence-corrected chi connectivity index (χ4v) is 3.87. The van der Waals surface area contributed by atoms with Gasteiger partial charge in [-0.2, -0.15) is 0 Å². The van der Waals surface area contributed by atoms with Crippen molar-refractivity contribution >= 4 is 23.5 Å². The maximum Gasteiger partial charge on any atom is 0.238 e. The average molecular weight is 278 g/mol. The Hall–Kier alpha value is -1.03. The Kier molecular flexibility index (Phi) is 5.70. The Morgan fingerprint density at radius 2 is 2.21 bits per heavy atom. The highest BCUT2D eigenvalue weighted by Gasteiger charge is 2.23. The van der Waals surface area contributed by atoms with Crippen molar-refractivity contribution in [2.75, 3.05) is 5.32 Å². The number of anilines is 1. The van der Waals surface area contributed by atoms with Gasteiger partial charge in [-0.1, -0.05) is 32.3 Å². The van der Waals surface area contributed by atoms with Gasteiger partial charge in [-0.15, -0.1) is 11.8 Å². The molecule has 1 aliphatic carbocycles. The number of aromatic nitrogens is 1. The van der Waals surface area contributed by atoms with Crippen molar-refractivity contribution in [3.05, 3.63) is 24.4 Å². The van der Waals surface area contributed by atoms with Crippen LogP contribution in [-0.2, 0) is 4.79 Å². The summed E-state index contributed by atoms with van der Waals surface area (Å²) in [5.41, 5.74) is 0. The van der Waals surface area contributed by atoms with Gasteiger partial charge < -0.3 is 5.32 Å². The van der Waals surface area contributed by atoms with Crippen molar-refractivity contribution < 1.29 is 4.79 Å². The zero-order valence-electron chi connectivity index (χ0n) is 11.5. The third-order valence-electron chi connectivity index (χ3n) is 3.49. The van der Waals surface area contributed by atoms with Crippen LogP contribution in [0.2, 0.25) is 0 Å². The molecule has 1 fully saturated rings. The van der Waals surface area contributed by atoms with Gasteiger partial charge in [0.05, 0.1) is 5.25 Å². The molecule has 0 bridgehead atoms. The standard InChI is InChI=1S/C15H22N2OS/c1-2-13(19-12-8-4-3-5-9-12)15(18)17-14-10-6-7-11-16-14/h6-7,10-13H,2-5,8-9H2,1H3,(H,16,17,18). The van der Waals surface area contributed by atoms with Gasteiger partial charge in [-0.3, -0.25) is 4.79 Å².